The van der Waals surface area contributed by atoms with Gasteiger partial charge in [0.1, 0.15) is 22.8 Å². The summed E-state index contributed by atoms with van der Waals surface area (Å²) in [5.41, 5.74) is 0. The van der Waals surface area contributed by atoms with E-state index < -0.39 is 5.82 Å². The van der Waals surface area contributed by atoms with E-state index in [4.69, 9.17) is 11.6 Å². The predicted molar refractivity (Wildman–Crippen MR) is 88.3 cm³/mol. The van der Waals surface area contributed by atoms with Crippen molar-refractivity contribution >= 4 is 38.9 Å². The molecule has 0 saturated heterocycles. The molecule has 5 nitrogen and oxygen atoms in total. The summed E-state index contributed by atoms with van der Waals surface area (Å²) in [4.78, 5) is 17.0. The Labute approximate surface area is 141 Å². The molecule has 0 fully saturated rings. The first-order valence-electron chi connectivity index (χ1n) is 7.04. The van der Waals surface area contributed by atoms with Gasteiger partial charge in [0.15, 0.2) is 0 Å². The number of aromatic nitrogens is 3. The van der Waals surface area contributed by atoms with Gasteiger partial charge in [-0.3, -0.25) is 9.48 Å². The van der Waals surface area contributed by atoms with E-state index in [1.807, 2.05) is 6.92 Å². The van der Waals surface area contributed by atoms with E-state index in [-0.39, 0.29) is 22.4 Å². The first kappa shape index (κ1) is 15.9. The largest absolute Gasteiger partial charge is 0.341 e. The van der Waals surface area contributed by atoms with Gasteiger partial charge in [0.25, 0.3) is 5.91 Å². The minimum atomic E-state index is -0.428. The molecule has 3 aromatic rings. The molecule has 0 bridgehead atoms. The highest BCUT2D eigenvalue weighted by atomic mass is 35.5. The van der Waals surface area contributed by atoms with Crippen LogP contribution in [0.15, 0.2) is 24.5 Å². The summed E-state index contributed by atoms with van der Waals surface area (Å²) in [6, 6.07) is 4.38. The standard InChI is InChI=1S/C15H14ClFN4OS/c1-3-9(14-18-7-19-21(14)2)20-15(22)13-12(16)11-8(17)5-4-6-10(11)23-13/h4-7,9H,3H2,1-2H3,(H,20,22). The zero-order valence-electron chi connectivity index (χ0n) is 12.5. The Hall–Kier alpha value is -1.99. The van der Waals surface area contributed by atoms with Crippen molar-refractivity contribution in [3.05, 3.63) is 46.1 Å². The molecular weight excluding hydrogens is 339 g/mol. The maximum absolute atomic E-state index is 13.9. The number of halogens is 2. The number of carbonyl (C=O) groups is 1. The number of rotatable bonds is 4. The lowest BCUT2D eigenvalue weighted by molar-refractivity contribution is 0.0937. The van der Waals surface area contributed by atoms with Gasteiger partial charge in [-0.15, -0.1) is 11.3 Å². The Balaban J connectivity index is 1.93. The van der Waals surface area contributed by atoms with E-state index in [9.17, 15) is 9.18 Å². The highest BCUT2D eigenvalue weighted by Gasteiger charge is 2.23. The second kappa shape index (κ2) is 6.25. The summed E-state index contributed by atoms with van der Waals surface area (Å²) in [6.07, 6.45) is 2.08. The zero-order chi connectivity index (χ0) is 16.6. The SMILES string of the molecule is CCC(NC(=O)c1sc2cccc(F)c2c1Cl)c1ncnn1C. The van der Waals surface area contributed by atoms with Crippen LogP contribution in [0.2, 0.25) is 5.02 Å². The molecule has 1 unspecified atom stereocenters. The molecule has 1 atom stereocenters. The van der Waals surface area contributed by atoms with E-state index in [0.29, 0.717) is 21.8 Å². The molecule has 120 valence electrons. The lowest BCUT2D eigenvalue weighted by atomic mass is 10.2. The molecule has 0 spiro atoms. The van der Waals surface area contributed by atoms with Gasteiger partial charge in [-0.2, -0.15) is 5.10 Å². The first-order valence-corrected chi connectivity index (χ1v) is 8.23. The number of hydrogen-bond donors (Lipinski definition) is 1. The molecule has 1 amide bonds. The van der Waals surface area contributed by atoms with Crippen molar-refractivity contribution < 1.29 is 9.18 Å². The zero-order valence-corrected chi connectivity index (χ0v) is 14.1. The summed E-state index contributed by atoms with van der Waals surface area (Å²) in [7, 11) is 1.76. The van der Waals surface area contributed by atoms with E-state index in [1.165, 1.54) is 23.7 Å². The highest BCUT2D eigenvalue weighted by Crippen LogP contribution is 2.37. The Morgan fingerprint density at radius 3 is 2.91 bits per heavy atom. The van der Waals surface area contributed by atoms with Crippen LogP contribution in [0.4, 0.5) is 4.39 Å². The quantitative estimate of drug-likeness (QED) is 0.778. The average molecular weight is 353 g/mol. The van der Waals surface area contributed by atoms with Crippen LogP contribution in [0.3, 0.4) is 0 Å². The fourth-order valence-corrected chi connectivity index (χ4v) is 3.87. The molecule has 0 radical (unpaired) electrons. The molecule has 2 heterocycles. The number of aryl methyl sites for hydroxylation is 1. The number of fused-ring (bicyclic) bond motifs is 1. The predicted octanol–water partition coefficient (Wildman–Crippen LogP) is 3.70. The smallest absolute Gasteiger partial charge is 0.263 e. The van der Waals surface area contributed by atoms with Crippen molar-refractivity contribution in [3.63, 3.8) is 0 Å². The maximum atomic E-state index is 13.9. The summed E-state index contributed by atoms with van der Waals surface area (Å²) >= 11 is 7.39. The van der Waals surface area contributed by atoms with Gasteiger partial charge < -0.3 is 5.32 Å². The van der Waals surface area contributed by atoms with E-state index in [0.717, 1.165) is 0 Å². The van der Waals surface area contributed by atoms with Crippen LogP contribution in [0.5, 0.6) is 0 Å². The lowest BCUT2D eigenvalue weighted by Gasteiger charge is -2.15. The van der Waals surface area contributed by atoms with Crippen molar-refractivity contribution in [1.29, 1.82) is 0 Å². The van der Waals surface area contributed by atoms with E-state index >= 15 is 0 Å². The summed E-state index contributed by atoms with van der Waals surface area (Å²) < 4.78 is 16.2. The fraction of sp³-hybridized carbons (Fsp3) is 0.267. The molecule has 2 aromatic heterocycles. The monoisotopic (exact) mass is 352 g/mol. The lowest BCUT2D eigenvalue weighted by Crippen LogP contribution is -2.29. The van der Waals surface area contributed by atoms with Gasteiger partial charge in [0.05, 0.1) is 11.1 Å². The molecular formula is C15H14ClFN4OS. The van der Waals surface area contributed by atoms with Crippen LogP contribution >= 0.6 is 22.9 Å². The van der Waals surface area contributed by atoms with Gasteiger partial charge in [0.2, 0.25) is 0 Å². The van der Waals surface area contributed by atoms with Crippen LogP contribution in [0, 0.1) is 5.82 Å². The molecule has 23 heavy (non-hydrogen) atoms. The molecule has 1 N–H and O–H groups in total. The van der Waals surface area contributed by atoms with Crippen LogP contribution in [0.1, 0.15) is 34.9 Å². The number of nitrogens with one attached hydrogen (secondary N) is 1. The minimum absolute atomic E-state index is 0.147. The molecule has 0 aliphatic carbocycles. The molecule has 0 aliphatic rings. The molecule has 8 heteroatoms. The normalized spacial score (nSPS) is 12.5. The molecule has 1 aromatic carbocycles. The van der Waals surface area contributed by atoms with Gasteiger partial charge in [-0.1, -0.05) is 24.6 Å². The molecule has 0 aliphatic heterocycles. The Morgan fingerprint density at radius 1 is 1.52 bits per heavy atom. The second-order valence-electron chi connectivity index (χ2n) is 5.03. The third-order valence-electron chi connectivity index (χ3n) is 3.58. The van der Waals surface area contributed by atoms with Gasteiger partial charge in [-0.05, 0) is 18.6 Å². The number of hydrogen-bond acceptors (Lipinski definition) is 4. The van der Waals surface area contributed by atoms with Gasteiger partial charge in [0, 0.05) is 17.1 Å². The maximum Gasteiger partial charge on any atom is 0.263 e. The van der Waals surface area contributed by atoms with Gasteiger partial charge in [-0.25, -0.2) is 9.37 Å². The summed E-state index contributed by atoms with van der Waals surface area (Å²) in [5, 5.41) is 7.33. The average Bonchev–Trinajstić information content (AvgIpc) is 3.09. The summed E-state index contributed by atoms with van der Waals surface area (Å²) in [6.45, 7) is 1.94. The van der Waals surface area contributed by atoms with E-state index in [2.05, 4.69) is 15.4 Å². The number of carbonyl (C=O) groups excluding carboxylic acids is 1. The fourth-order valence-electron chi connectivity index (χ4n) is 2.41. The van der Waals surface area contributed by atoms with Crippen molar-refractivity contribution in [2.24, 2.45) is 7.05 Å². The minimum Gasteiger partial charge on any atom is -0.341 e. The number of thiophene rings is 1. The number of nitrogens with zero attached hydrogens (tertiary/aromatic N) is 3. The molecule has 3 rings (SSSR count). The first-order chi connectivity index (χ1) is 11.0. The van der Waals surface area contributed by atoms with Crippen LogP contribution in [-0.2, 0) is 7.05 Å². The third kappa shape index (κ3) is 2.82. The van der Waals surface area contributed by atoms with Crippen LogP contribution < -0.4 is 5.32 Å². The Morgan fingerprint density at radius 2 is 2.30 bits per heavy atom. The Kier molecular flexibility index (Phi) is 4.32. The van der Waals surface area contributed by atoms with E-state index in [1.54, 1.807) is 23.9 Å². The van der Waals surface area contributed by atoms with Crippen molar-refractivity contribution in [3.8, 4) is 0 Å². The summed E-state index contributed by atoms with van der Waals surface area (Å²) in [5.74, 6) is -0.113. The number of amides is 1. The van der Waals surface area contributed by atoms with Crippen molar-refractivity contribution in [2.45, 2.75) is 19.4 Å². The highest BCUT2D eigenvalue weighted by molar-refractivity contribution is 7.21. The van der Waals surface area contributed by atoms with Gasteiger partial charge >= 0.3 is 0 Å². The van der Waals surface area contributed by atoms with Crippen LogP contribution in [-0.4, -0.2) is 20.7 Å². The van der Waals surface area contributed by atoms with Crippen molar-refractivity contribution in [2.75, 3.05) is 0 Å². The van der Waals surface area contributed by atoms with Crippen LogP contribution in [0.25, 0.3) is 10.1 Å². The second-order valence-corrected chi connectivity index (χ2v) is 6.46. The Bertz CT molecular complexity index is 876. The van der Waals surface area contributed by atoms with Crippen molar-refractivity contribution in [1.82, 2.24) is 20.1 Å². The molecule has 0 saturated carbocycles. The third-order valence-corrected chi connectivity index (χ3v) is 5.23. The topological polar surface area (TPSA) is 59.8 Å². The number of benzene rings is 1.